The van der Waals surface area contributed by atoms with Crippen molar-refractivity contribution in [1.82, 2.24) is 9.80 Å². The number of ether oxygens (including phenoxy) is 2. The van der Waals surface area contributed by atoms with Crippen LogP contribution in [0.4, 0.5) is 0 Å². The molecule has 5 rings (SSSR count). The molecule has 1 fully saturated rings. The predicted molar refractivity (Wildman–Crippen MR) is 179 cm³/mol. The highest BCUT2D eigenvalue weighted by Crippen LogP contribution is 2.40. The van der Waals surface area contributed by atoms with Crippen LogP contribution in [0.1, 0.15) is 63.5 Å². The van der Waals surface area contributed by atoms with E-state index in [2.05, 4.69) is 96.4 Å². The Morgan fingerprint density at radius 2 is 1.38 bits per heavy atom. The van der Waals surface area contributed by atoms with Crippen LogP contribution in [0.25, 0.3) is 20.5 Å². The average Bonchev–Trinajstić information content (AvgIpc) is 3.68. The van der Waals surface area contributed by atoms with E-state index in [-0.39, 0.29) is 0 Å². The molecule has 42 heavy (non-hydrogen) atoms. The Morgan fingerprint density at radius 3 is 2.07 bits per heavy atom. The van der Waals surface area contributed by atoms with Crippen LogP contribution in [0.2, 0.25) is 0 Å². The van der Waals surface area contributed by atoms with Crippen LogP contribution >= 0.6 is 11.3 Å². The van der Waals surface area contributed by atoms with E-state index in [9.17, 15) is 0 Å². The standard InChI is InChI=1S/C37H48N2O2S/c1-3-5-21-38(22-6-4-2)25-27-40-32-17-13-30(14-18-32)29-35-34-11-7-8-12-36(34)42-37(35)31-15-19-33(20-16-31)41-28-26-39-23-9-10-24-39/h7-8,11-20H,3-6,9-10,21-29H2,1-2H3. The van der Waals surface area contributed by atoms with Crippen molar-refractivity contribution in [1.29, 1.82) is 0 Å². The zero-order valence-corrected chi connectivity index (χ0v) is 26.5. The van der Waals surface area contributed by atoms with Gasteiger partial charge in [0.1, 0.15) is 24.7 Å². The number of rotatable bonds is 17. The normalized spacial score (nSPS) is 13.8. The Morgan fingerprint density at radius 1 is 0.738 bits per heavy atom. The van der Waals surface area contributed by atoms with Gasteiger partial charge in [-0.05, 0) is 123 Å². The molecule has 0 N–H and O–H groups in total. The van der Waals surface area contributed by atoms with Crippen LogP contribution in [0.5, 0.6) is 11.5 Å². The zero-order chi connectivity index (χ0) is 29.0. The van der Waals surface area contributed by atoms with Gasteiger partial charge in [0.15, 0.2) is 0 Å². The van der Waals surface area contributed by atoms with Crippen LogP contribution in [0.3, 0.4) is 0 Å². The van der Waals surface area contributed by atoms with E-state index in [0.717, 1.165) is 44.2 Å². The van der Waals surface area contributed by atoms with Crippen molar-refractivity contribution < 1.29 is 9.47 Å². The van der Waals surface area contributed by atoms with Crippen molar-refractivity contribution in [3.8, 4) is 21.9 Å². The zero-order valence-electron chi connectivity index (χ0n) is 25.7. The fraction of sp³-hybridized carbons (Fsp3) is 0.459. The molecule has 0 saturated carbocycles. The highest BCUT2D eigenvalue weighted by atomic mass is 32.1. The summed E-state index contributed by atoms with van der Waals surface area (Å²) < 4.78 is 13.6. The van der Waals surface area contributed by atoms with Crippen molar-refractivity contribution in [2.75, 3.05) is 52.5 Å². The van der Waals surface area contributed by atoms with Crippen LogP contribution in [0.15, 0.2) is 72.8 Å². The second kappa shape index (κ2) is 16.1. The Bertz CT molecular complexity index is 1330. The Kier molecular flexibility index (Phi) is 11.7. The topological polar surface area (TPSA) is 24.9 Å². The molecule has 2 heterocycles. The molecule has 0 unspecified atom stereocenters. The van der Waals surface area contributed by atoms with Gasteiger partial charge in [-0.2, -0.15) is 0 Å². The largest absolute Gasteiger partial charge is 0.492 e. The SMILES string of the molecule is CCCCN(CCCC)CCOc1ccc(Cc2c(-c3ccc(OCCN4CCCC4)cc3)sc3ccccc23)cc1. The third-order valence-electron chi connectivity index (χ3n) is 8.33. The number of fused-ring (bicyclic) bond motifs is 1. The minimum atomic E-state index is 0.740. The second-order valence-electron chi connectivity index (χ2n) is 11.5. The van der Waals surface area contributed by atoms with Gasteiger partial charge in [0.25, 0.3) is 0 Å². The summed E-state index contributed by atoms with van der Waals surface area (Å²) in [5.41, 5.74) is 3.96. The predicted octanol–water partition coefficient (Wildman–Crippen LogP) is 8.91. The van der Waals surface area contributed by atoms with E-state index in [0.29, 0.717) is 0 Å². The fourth-order valence-electron chi connectivity index (χ4n) is 5.81. The molecule has 4 nitrogen and oxygen atoms in total. The van der Waals surface area contributed by atoms with Crippen LogP contribution in [-0.2, 0) is 6.42 Å². The first-order valence-corrected chi connectivity index (χ1v) is 16.9. The van der Waals surface area contributed by atoms with Crippen molar-refractivity contribution >= 4 is 21.4 Å². The molecule has 0 aliphatic carbocycles. The minimum Gasteiger partial charge on any atom is -0.492 e. The van der Waals surface area contributed by atoms with Gasteiger partial charge in [0.2, 0.25) is 0 Å². The Labute approximate surface area is 257 Å². The molecule has 0 spiro atoms. The minimum absolute atomic E-state index is 0.740. The Hall–Kier alpha value is -2.86. The van der Waals surface area contributed by atoms with E-state index in [1.54, 1.807) is 0 Å². The molecule has 224 valence electrons. The second-order valence-corrected chi connectivity index (χ2v) is 12.6. The summed E-state index contributed by atoms with van der Waals surface area (Å²) in [5, 5.41) is 1.35. The molecule has 3 aromatic carbocycles. The molecule has 1 aliphatic heterocycles. The number of nitrogens with zero attached hydrogens (tertiary/aromatic N) is 2. The van der Waals surface area contributed by atoms with E-state index in [1.807, 2.05) is 11.3 Å². The number of benzene rings is 3. The van der Waals surface area contributed by atoms with Gasteiger partial charge in [-0.3, -0.25) is 9.80 Å². The molecule has 5 heteroatoms. The average molecular weight is 585 g/mol. The van der Waals surface area contributed by atoms with Crippen LogP contribution in [0, 0.1) is 0 Å². The first-order chi connectivity index (χ1) is 20.7. The van der Waals surface area contributed by atoms with E-state index >= 15 is 0 Å². The molecule has 1 saturated heterocycles. The highest BCUT2D eigenvalue weighted by Gasteiger charge is 2.15. The number of hydrogen-bond acceptors (Lipinski definition) is 5. The molecular weight excluding hydrogens is 536 g/mol. The summed E-state index contributed by atoms with van der Waals surface area (Å²) in [5.74, 6) is 1.91. The maximum Gasteiger partial charge on any atom is 0.119 e. The van der Waals surface area contributed by atoms with Gasteiger partial charge in [0, 0.05) is 22.7 Å². The first-order valence-electron chi connectivity index (χ1n) is 16.1. The van der Waals surface area contributed by atoms with Crippen molar-refractivity contribution in [3.05, 3.63) is 83.9 Å². The maximum atomic E-state index is 6.16. The van der Waals surface area contributed by atoms with Gasteiger partial charge in [-0.15, -0.1) is 11.3 Å². The number of thiophene rings is 1. The molecule has 1 aliphatic rings. The van der Waals surface area contributed by atoms with E-state index < -0.39 is 0 Å². The number of hydrogen-bond donors (Lipinski definition) is 0. The van der Waals surface area contributed by atoms with E-state index in [1.165, 1.54) is 96.4 Å². The molecule has 4 aromatic rings. The third-order valence-corrected chi connectivity index (χ3v) is 9.59. The fourth-order valence-corrected chi connectivity index (χ4v) is 7.03. The lowest BCUT2D eigenvalue weighted by Gasteiger charge is -2.22. The third kappa shape index (κ3) is 8.59. The lowest BCUT2D eigenvalue weighted by Crippen LogP contribution is -2.30. The Balaban J connectivity index is 1.22. The maximum absolute atomic E-state index is 6.16. The summed E-state index contributed by atoms with van der Waals surface area (Å²) in [7, 11) is 0. The molecule has 0 atom stereocenters. The van der Waals surface area contributed by atoms with Gasteiger partial charge in [-0.1, -0.05) is 57.0 Å². The lowest BCUT2D eigenvalue weighted by atomic mass is 9.99. The van der Waals surface area contributed by atoms with Gasteiger partial charge >= 0.3 is 0 Å². The van der Waals surface area contributed by atoms with Gasteiger partial charge in [-0.25, -0.2) is 0 Å². The summed E-state index contributed by atoms with van der Waals surface area (Å²) in [4.78, 5) is 6.39. The number of likely N-dealkylation sites (tertiary alicyclic amines) is 1. The quantitative estimate of drug-likeness (QED) is 0.124. The lowest BCUT2D eigenvalue weighted by molar-refractivity contribution is 0.204. The van der Waals surface area contributed by atoms with Crippen molar-refractivity contribution in [2.45, 2.75) is 58.8 Å². The summed E-state index contributed by atoms with van der Waals surface area (Å²) in [6.45, 7) is 12.8. The van der Waals surface area contributed by atoms with Gasteiger partial charge < -0.3 is 9.47 Å². The van der Waals surface area contributed by atoms with Crippen LogP contribution < -0.4 is 9.47 Å². The van der Waals surface area contributed by atoms with E-state index in [4.69, 9.17) is 9.47 Å². The van der Waals surface area contributed by atoms with Gasteiger partial charge in [0.05, 0.1) is 0 Å². The highest BCUT2D eigenvalue weighted by molar-refractivity contribution is 7.22. The van der Waals surface area contributed by atoms with Crippen LogP contribution in [-0.4, -0.2) is 62.3 Å². The monoisotopic (exact) mass is 584 g/mol. The summed E-state index contributed by atoms with van der Waals surface area (Å²) in [6.07, 6.45) is 8.54. The van der Waals surface area contributed by atoms with Crippen molar-refractivity contribution in [2.24, 2.45) is 0 Å². The summed E-state index contributed by atoms with van der Waals surface area (Å²) in [6, 6.07) is 26.2. The molecule has 0 amide bonds. The smallest absolute Gasteiger partial charge is 0.119 e. The molecule has 0 bridgehead atoms. The molecule has 0 radical (unpaired) electrons. The van der Waals surface area contributed by atoms with Crippen molar-refractivity contribution in [3.63, 3.8) is 0 Å². The molecular formula is C37H48N2O2S. The first kappa shape index (κ1) is 30.6. The molecule has 1 aromatic heterocycles. The number of unbranched alkanes of at least 4 members (excludes halogenated alkanes) is 2. The summed E-state index contributed by atoms with van der Waals surface area (Å²) >= 11 is 1.89.